The number of nitrogens with two attached hydrogens (primary N) is 1. The van der Waals surface area contributed by atoms with Crippen LogP contribution < -0.4 is 19.9 Å². The Morgan fingerprint density at radius 3 is 2.80 bits per heavy atom. The molecule has 0 saturated heterocycles. The molecule has 0 bridgehead atoms. The lowest BCUT2D eigenvalue weighted by atomic mass is 10.0. The van der Waals surface area contributed by atoms with E-state index in [0.717, 1.165) is 35.7 Å². The molecule has 0 spiro atoms. The van der Waals surface area contributed by atoms with E-state index in [1.54, 1.807) is 7.11 Å². The fourth-order valence-electron chi connectivity index (χ4n) is 1.88. The summed E-state index contributed by atoms with van der Waals surface area (Å²) in [5, 5.41) is 0. The zero-order valence-corrected chi connectivity index (χ0v) is 8.58. The van der Waals surface area contributed by atoms with Crippen LogP contribution in [-0.2, 0) is 5.54 Å². The van der Waals surface area contributed by atoms with Crippen molar-refractivity contribution >= 4 is 0 Å². The maximum Gasteiger partial charge on any atom is 0.231 e. The average Bonchev–Trinajstić information content (AvgIpc) is 2.82. The molecule has 0 atom stereocenters. The predicted octanol–water partition coefficient (Wildman–Crippen LogP) is 1.37. The molecule has 0 aromatic heterocycles. The third-order valence-corrected chi connectivity index (χ3v) is 3.01. The van der Waals surface area contributed by atoms with Crippen molar-refractivity contribution in [2.75, 3.05) is 13.9 Å². The van der Waals surface area contributed by atoms with E-state index in [0.29, 0.717) is 0 Å². The highest BCUT2D eigenvalue weighted by Gasteiger charge is 2.44. The normalized spacial score (nSPS) is 20.1. The third-order valence-electron chi connectivity index (χ3n) is 3.01. The first kappa shape index (κ1) is 8.85. The highest BCUT2D eigenvalue weighted by atomic mass is 16.7. The first-order valence-electron chi connectivity index (χ1n) is 5.00. The number of rotatable bonds is 2. The van der Waals surface area contributed by atoms with Crippen molar-refractivity contribution in [1.82, 2.24) is 0 Å². The molecule has 4 nitrogen and oxygen atoms in total. The summed E-state index contributed by atoms with van der Waals surface area (Å²) >= 11 is 0. The zero-order chi connectivity index (χ0) is 10.5. The van der Waals surface area contributed by atoms with Gasteiger partial charge in [-0.1, -0.05) is 0 Å². The molecule has 2 N–H and O–H groups in total. The summed E-state index contributed by atoms with van der Waals surface area (Å²) in [6.07, 6.45) is 1.99. The maximum atomic E-state index is 6.17. The SMILES string of the molecule is COc1cc2c(c(C3(N)CC3)c1)OCO2. The predicted molar refractivity (Wildman–Crippen MR) is 54.2 cm³/mol. The molecule has 0 amide bonds. The average molecular weight is 207 g/mol. The molecule has 2 aliphatic rings. The Kier molecular flexibility index (Phi) is 1.65. The van der Waals surface area contributed by atoms with Gasteiger partial charge in [0.25, 0.3) is 0 Å². The van der Waals surface area contributed by atoms with Crippen molar-refractivity contribution < 1.29 is 14.2 Å². The Labute approximate surface area is 87.9 Å². The molecule has 1 aliphatic heterocycles. The quantitative estimate of drug-likeness (QED) is 0.795. The molecular weight excluding hydrogens is 194 g/mol. The Morgan fingerprint density at radius 1 is 1.33 bits per heavy atom. The molecule has 4 heteroatoms. The minimum absolute atomic E-state index is 0.230. The zero-order valence-electron chi connectivity index (χ0n) is 8.58. The van der Waals surface area contributed by atoms with Gasteiger partial charge < -0.3 is 19.9 Å². The lowest BCUT2D eigenvalue weighted by molar-refractivity contribution is 0.172. The first-order chi connectivity index (χ1) is 7.23. The minimum Gasteiger partial charge on any atom is -0.497 e. The minimum atomic E-state index is -0.230. The Bertz CT molecular complexity index is 413. The molecule has 15 heavy (non-hydrogen) atoms. The lowest BCUT2D eigenvalue weighted by Gasteiger charge is -2.13. The number of benzene rings is 1. The summed E-state index contributed by atoms with van der Waals surface area (Å²) in [6, 6.07) is 3.78. The number of methoxy groups -OCH3 is 1. The summed E-state index contributed by atoms with van der Waals surface area (Å²) < 4.78 is 16.0. The van der Waals surface area contributed by atoms with Gasteiger partial charge in [0.2, 0.25) is 6.79 Å². The van der Waals surface area contributed by atoms with E-state index in [2.05, 4.69) is 0 Å². The third kappa shape index (κ3) is 1.25. The van der Waals surface area contributed by atoms with Crippen LogP contribution in [0, 0.1) is 0 Å². The molecule has 1 aliphatic carbocycles. The van der Waals surface area contributed by atoms with Crippen molar-refractivity contribution in [3.63, 3.8) is 0 Å². The second-order valence-electron chi connectivity index (χ2n) is 4.06. The van der Waals surface area contributed by atoms with Crippen molar-refractivity contribution in [3.8, 4) is 17.2 Å². The van der Waals surface area contributed by atoms with Gasteiger partial charge in [-0.3, -0.25) is 0 Å². The van der Waals surface area contributed by atoms with E-state index in [9.17, 15) is 0 Å². The number of fused-ring (bicyclic) bond motifs is 1. The fraction of sp³-hybridized carbons (Fsp3) is 0.455. The van der Waals surface area contributed by atoms with Crippen molar-refractivity contribution in [3.05, 3.63) is 17.7 Å². The van der Waals surface area contributed by atoms with Gasteiger partial charge in [-0.15, -0.1) is 0 Å². The molecule has 1 fully saturated rings. The van der Waals surface area contributed by atoms with Crippen molar-refractivity contribution in [2.24, 2.45) is 5.73 Å². The standard InChI is InChI=1S/C11H13NO3/c1-13-7-4-8(11(12)2-3-11)10-9(5-7)14-6-15-10/h4-5H,2-3,6,12H2,1H3. The van der Waals surface area contributed by atoms with Crippen LogP contribution in [0.4, 0.5) is 0 Å². The summed E-state index contributed by atoms with van der Waals surface area (Å²) in [4.78, 5) is 0. The lowest BCUT2D eigenvalue weighted by Crippen LogP contribution is -2.19. The molecule has 0 radical (unpaired) electrons. The first-order valence-corrected chi connectivity index (χ1v) is 5.00. The highest BCUT2D eigenvalue weighted by Crippen LogP contribution is 2.51. The molecule has 1 aromatic carbocycles. The summed E-state index contributed by atoms with van der Waals surface area (Å²) in [7, 11) is 1.64. The van der Waals surface area contributed by atoms with E-state index >= 15 is 0 Å². The van der Waals surface area contributed by atoms with Gasteiger partial charge in [0, 0.05) is 17.2 Å². The highest BCUT2D eigenvalue weighted by molar-refractivity contribution is 5.56. The van der Waals surface area contributed by atoms with Crippen molar-refractivity contribution in [2.45, 2.75) is 18.4 Å². The van der Waals surface area contributed by atoms with Gasteiger partial charge in [-0.2, -0.15) is 0 Å². The number of hydrogen-bond donors (Lipinski definition) is 1. The molecule has 1 saturated carbocycles. The summed E-state index contributed by atoms with van der Waals surface area (Å²) in [5.74, 6) is 2.29. The van der Waals surface area contributed by atoms with Gasteiger partial charge in [-0.25, -0.2) is 0 Å². The maximum absolute atomic E-state index is 6.17. The van der Waals surface area contributed by atoms with Crippen LogP contribution in [0.5, 0.6) is 17.2 Å². The summed E-state index contributed by atoms with van der Waals surface area (Å²) in [6.45, 7) is 0.269. The smallest absolute Gasteiger partial charge is 0.231 e. The molecule has 1 aromatic rings. The second kappa shape index (κ2) is 2.79. The molecule has 80 valence electrons. The van der Waals surface area contributed by atoms with E-state index in [1.807, 2.05) is 12.1 Å². The van der Waals surface area contributed by atoms with Gasteiger partial charge in [0.05, 0.1) is 7.11 Å². The number of hydrogen-bond acceptors (Lipinski definition) is 4. The molecule has 0 unspecified atom stereocenters. The fourth-order valence-corrected chi connectivity index (χ4v) is 1.88. The van der Waals surface area contributed by atoms with Crippen LogP contribution in [-0.4, -0.2) is 13.9 Å². The van der Waals surface area contributed by atoms with Crippen LogP contribution in [0.1, 0.15) is 18.4 Å². The number of ether oxygens (including phenoxy) is 3. The van der Waals surface area contributed by atoms with Crippen molar-refractivity contribution in [1.29, 1.82) is 0 Å². The Morgan fingerprint density at radius 2 is 2.13 bits per heavy atom. The van der Waals surface area contributed by atoms with Gasteiger partial charge in [0.15, 0.2) is 11.5 Å². The second-order valence-corrected chi connectivity index (χ2v) is 4.06. The van der Waals surface area contributed by atoms with Crippen LogP contribution in [0.2, 0.25) is 0 Å². The Balaban J connectivity index is 2.15. The van der Waals surface area contributed by atoms with Crippen LogP contribution in [0.15, 0.2) is 12.1 Å². The molecular formula is C11H13NO3. The van der Waals surface area contributed by atoms with E-state index in [4.69, 9.17) is 19.9 Å². The van der Waals surface area contributed by atoms with Crippen LogP contribution >= 0.6 is 0 Å². The van der Waals surface area contributed by atoms with Gasteiger partial charge in [-0.05, 0) is 18.9 Å². The summed E-state index contributed by atoms with van der Waals surface area (Å²) in [5.41, 5.74) is 6.95. The van der Waals surface area contributed by atoms with E-state index < -0.39 is 0 Å². The molecule has 3 rings (SSSR count). The monoisotopic (exact) mass is 207 g/mol. The largest absolute Gasteiger partial charge is 0.497 e. The van der Waals surface area contributed by atoms with E-state index in [1.165, 1.54) is 0 Å². The van der Waals surface area contributed by atoms with Crippen LogP contribution in [0.3, 0.4) is 0 Å². The topological polar surface area (TPSA) is 53.7 Å². The Hall–Kier alpha value is -1.42. The van der Waals surface area contributed by atoms with E-state index in [-0.39, 0.29) is 12.3 Å². The van der Waals surface area contributed by atoms with Gasteiger partial charge >= 0.3 is 0 Å². The van der Waals surface area contributed by atoms with Gasteiger partial charge in [0.1, 0.15) is 5.75 Å². The molecule has 1 heterocycles. The van der Waals surface area contributed by atoms with Crippen LogP contribution in [0.25, 0.3) is 0 Å².